The normalized spacial score (nSPS) is 17.3. The quantitative estimate of drug-likeness (QED) is 0.516. The van der Waals surface area contributed by atoms with Gasteiger partial charge in [0, 0.05) is 0 Å². The van der Waals surface area contributed by atoms with E-state index in [1.165, 1.54) is 12.2 Å². The lowest BCUT2D eigenvalue weighted by molar-refractivity contribution is -0.119. The molecule has 1 heterocycles. The minimum Gasteiger partial charge on any atom is -0.505 e. The highest BCUT2D eigenvalue weighted by molar-refractivity contribution is 6.26. The van der Waals surface area contributed by atoms with Crippen molar-refractivity contribution in [1.29, 1.82) is 0 Å². The molecule has 5 heteroatoms. The summed E-state index contributed by atoms with van der Waals surface area (Å²) in [5, 5.41) is 21.3. The Bertz CT molecular complexity index is 465. The number of aliphatic hydroxyl groups is 2. The Morgan fingerprint density at radius 1 is 1.44 bits per heavy atom. The molecule has 0 bridgehead atoms. The first-order valence-electron chi connectivity index (χ1n) is 5.66. The maximum atomic E-state index is 11.7. The molecule has 1 atom stereocenters. The van der Waals surface area contributed by atoms with Gasteiger partial charge in [-0.2, -0.15) is 0 Å². The Morgan fingerprint density at radius 3 is 2.50 bits per heavy atom. The number of carbonyl (C=O) groups excluding carboxylic acids is 2. The third-order valence-electron chi connectivity index (χ3n) is 2.43. The lowest BCUT2D eigenvalue weighted by atomic mass is 10.1. The Hall–Kier alpha value is -1.88. The molecule has 18 heavy (non-hydrogen) atoms. The molecule has 0 aromatic rings. The fourth-order valence-electron chi connectivity index (χ4n) is 1.51. The molecule has 0 unspecified atom stereocenters. The fraction of sp³-hybridized carbons (Fsp3) is 0.385. The molecule has 3 N–H and O–H groups in total. The number of carbonyl (C=O) groups is 2. The van der Waals surface area contributed by atoms with Crippen LogP contribution in [0.2, 0.25) is 0 Å². The smallest absolute Gasteiger partial charge is 0.263 e. The molecule has 0 aliphatic carbocycles. The van der Waals surface area contributed by atoms with E-state index in [-0.39, 0.29) is 17.0 Å². The number of rotatable bonds is 4. The van der Waals surface area contributed by atoms with Gasteiger partial charge < -0.3 is 15.5 Å². The maximum absolute atomic E-state index is 11.7. The van der Waals surface area contributed by atoms with Crippen molar-refractivity contribution >= 4 is 11.7 Å². The van der Waals surface area contributed by atoms with Crippen molar-refractivity contribution in [3.8, 4) is 0 Å². The van der Waals surface area contributed by atoms with Gasteiger partial charge in [-0.1, -0.05) is 6.08 Å². The Morgan fingerprint density at radius 2 is 2.06 bits per heavy atom. The highest BCUT2D eigenvalue weighted by Gasteiger charge is 2.31. The molecular formula is C13H17NO4. The second kappa shape index (κ2) is 5.64. The molecule has 1 aliphatic rings. The third kappa shape index (κ3) is 3.07. The van der Waals surface area contributed by atoms with Gasteiger partial charge in [0.05, 0.1) is 11.8 Å². The van der Waals surface area contributed by atoms with Crippen LogP contribution in [-0.2, 0) is 9.59 Å². The molecule has 0 aromatic carbocycles. The summed E-state index contributed by atoms with van der Waals surface area (Å²) in [5.74, 6) is -1.48. The number of aliphatic hydroxyl groups excluding tert-OH is 2. The lowest BCUT2D eigenvalue weighted by Crippen LogP contribution is -2.20. The van der Waals surface area contributed by atoms with Crippen LogP contribution in [-0.4, -0.2) is 28.0 Å². The zero-order valence-electron chi connectivity index (χ0n) is 10.7. The van der Waals surface area contributed by atoms with Crippen LogP contribution in [0.1, 0.15) is 27.2 Å². The standard InChI is InChI=1S/C13H17NO4/c1-7(2)11-12(17)10(13(18)14-11)9(16)6-4-5-8(3)15/h4,6,8,15,17H,5H2,1-3H3,(H,14,18)/b6-4+/t8-/m0/s1. The molecule has 1 rings (SSSR count). The first-order valence-corrected chi connectivity index (χ1v) is 5.66. The summed E-state index contributed by atoms with van der Waals surface area (Å²) >= 11 is 0. The number of hydrogen-bond acceptors (Lipinski definition) is 4. The number of nitrogens with one attached hydrogen (secondary N) is 1. The molecule has 0 aromatic heterocycles. The zero-order chi connectivity index (χ0) is 13.9. The summed E-state index contributed by atoms with van der Waals surface area (Å²) in [4.78, 5) is 23.3. The van der Waals surface area contributed by atoms with Crippen LogP contribution < -0.4 is 5.32 Å². The van der Waals surface area contributed by atoms with Crippen LogP contribution in [0.15, 0.2) is 34.8 Å². The minimum atomic E-state index is -0.601. The van der Waals surface area contributed by atoms with Gasteiger partial charge in [0.15, 0.2) is 11.5 Å². The predicted molar refractivity (Wildman–Crippen MR) is 66.6 cm³/mol. The Kier molecular flexibility index (Phi) is 4.44. The number of hydrogen-bond donors (Lipinski definition) is 3. The summed E-state index contributed by atoms with van der Waals surface area (Å²) in [6.45, 7) is 5.04. The van der Waals surface area contributed by atoms with Crippen molar-refractivity contribution in [3.63, 3.8) is 0 Å². The van der Waals surface area contributed by atoms with E-state index in [1.54, 1.807) is 20.8 Å². The highest BCUT2D eigenvalue weighted by Crippen LogP contribution is 2.21. The molecule has 0 spiro atoms. The van der Waals surface area contributed by atoms with E-state index in [0.717, 1.165) is 5.57 Å². The molecular weight excluding hydrogens is 234 g/mol. The van der Waals surface area contributed by atoms with Gasteiger partial charge in [0.1, 0.15) is 5.57 Å². The number of amides is 1. The van der Waals surface area contributed by atoms with Crippen molar-refractivity contribution < 1.29 is 19.8 Å². The minimum absolute atomic E-state index is 0.256. The summed E-state index contributed by atoms with van der Waals surface area (Å²) in [6, 6.07) is 0. The van der Waals surface area contributed by atoms with Gasteiger partial charge in [-0.05, 0) is 38.8 Å². The maximum Gasteiger partial charge on any atom is 0.263 e. The van der Waals surface area contributed by atoms with Gasteiger partial charge in [0.2, 0.25) is 0 Å². The molecule has 0 radical (unpaired) electrons. The van der Waals surface area contributed by atoms with Crippen molar-refractivity contribution in [2.75, 3.05) is 0 Å². The first kappa shape index (κ1) is 14.2. The van der Waals surface area contributed by atoms with E-state index in [2.05, 4.69) is 5.32 Å². The van der Waals surface area contributed by atoms with Crippen molar-refractivity contribution in [2.45, 2.75) is 33.3 Å². The Labute approximate surface area is 106 Å². The van der Waals surface area contributed by atoms with Gasteiger partial charge in [-0.3, -0.25) is 9.59 Å². The van der Waals surface area contributed by atoms with E-state index in [1.807, 2.05) is 0 Å². The van der Waals surface area contributed by atoms with Crippen LogP contribution in [0.3, 0.4) is 0 Å². The lowest BCUT2D eigenvalue weighted by Gasteiger charge is -2.00. The SMILES string of the molecule is CC(C)=C1NC(=O)C(C(=O)/C=C/C[C@H](C)O)=C1O. The fourth-order valence-corrected chi connectivity index (χ4v) is 1.51. The Balaban J connectivity index is 2.95. The molecule has 1 amide bonds. The summed E-state index contributed by atoms with van der Waals surface area (Å²) < 4.78 is 0. The average Bonchev–Trinajstić information content (AvgIpc) is 2.53. The predicted octanol–water partition coefficient (Wildman–Crippen LogP) is 1.12. The topological polar surface area (TPSA) is 86.6 Å². The van der Waals surface area contributed by atoms with E-state index >= 15 is 0 Å². The van der Waals surface area contributed by atoms with Gasteiger partial charge >= 0.3 is 0 Å². The van der Waals surface area contributed by atoms with Crippen LogP contribution in [0.25, 0.3) is 0 Å². The molecule has 98 valence electrons. The second-order valence-electron chi connectivity index (χ2n) is 4.40. The average molecular weight is 251 g/mol. The van der Waals surface area contributed by atoms with Gasteiger partial charge in [-0.25, -0.2) is 0 Å². The first-order chi connectivity index (χ1) is 8.34. The van der Waals surface area contributed by atoms with E-state index < -0.39 is 17.8 Å². The summed E-state index contributed by atoms with van der Waals surface area (Å²) in [6.07, 6.45) is 2.42. The van der Waals surface area contributed by atoms with Gasteiger partial charge in [0.25, 0.3) is 5.91 Å². The van der Waals surface area contributed by atoms with Crippen LogP contribution in [0.5, 0.6) is 0 Å². The van der Waals surface area contributed by atoms with Crippen molar-refractivity contribution in [3.05, 3.63) is 34.8 Å². The molecule has 5 nitrogen and oxygen atoms in total. The number of allylic oxidation sites excluding steroid dienone is 2. The summed E-state index contributed by atoms with van der Waals surface area (Å²) in [7, 11) is 0. The van der Waals surface area contributed by atoms with E-state index in [4.69, 9.17) is 5.11 Å². The third-order valence-corrected chi connectivity index (χ3v) is 2.43. The van der Waals surface area contributed by atoms with Crippen LogP contribution >= 0.6 is 0 Å². The molecule has 0 saturated heterocycles. The summed E-state index contributed by atoms with van der Waals surface area (Å²) in [5.41, 5.74) is 0.747. The van der Waals surface area contributed by atoms with Crippen molar-refractivity contribution in [1.82, 2.24) is 5.32 Å². The van der Waals surface area contributed by atoms with Crippen molar-refractivity contribution in [2.24, 2.45) is 0 Å². The van der Waals surface area contributed by atoms with Crippen LogP contribution in [0.4, 0.5) is 0 Å². The second-order valence-corrected chi connectivity index (χ2v) is 4.40. The monoisotopic (exact) mass is 251 g/mol. The van der Waals surface area contributed by atoms with Crippen LogP contribution in [0, 0.1) is 0 Å². The zero-order valence-corrected chi connectivity index (χ0v) is 10.7. The van der Waals surface area contributed by atoms with E-state index in [0.29, 0.717) is 6.42 Å². The van der Waals surface area contributed by atoms with E-state index in [9.17, 15) is 14.7 Å². The number of ketones is 1. The molecule has 0 saturated carbocycles. The highest BCUT2D eigenvalue weighted by atomic mass is 16.3. The largest absolute Gasteiger partial charge is 0.505 e. The van der Waals surface area contributed by atoms with Gasteiger partial charge in [-0.15, -0.1) is 0 Å². The molecule has 1 aliphatic heterocycles. The molecule has 0 fully saturated rings.